The van der Waals surface area contributed by atoms with Gasteiger partial charge < -0.3 is 9.32 Å². The Labute approximate surface area is 170 Å². The number of hydrogen-bond acceptors (Lipinski definition) is 4. The standard InChI is InChI=1S/C20H21BrN4O3/c1-13-4-2-3-5-15(13)25-18(22-23-20(25)27)12-14-8-10-24(11-9-14)19(26)16-6-7-17(21)28-16/h2-7,14H,8-12H2,1H3,(H,23,27). The van der Waals surface area contributed by atoms with Crippen LogP contribution in [-0.2, 0) is 6.42 Å². The smallest absolute Gasteiger partial charge is 0.347 e. The van der Waals surface area contributed by atoms with Crippen molar-refractivity contribution in [2.24, 2.45) is 5.92 Å². The van der Waals surface area contributed by atoms with Gasteiger partial charge in [-0.3, -0.25) is 4.79 Å². The van der Waals surface area contributed by atoms with Crippen LogP contribution in [0.15, 0.2) is 50.3 Å². The number of aromatic amines is 1. The molecule has 8 heteroatoms. The molecule has 1 aromatic carbocycles. The van der Waals surface area contributed by atoms with Crippen molar-refractivity contribution in [3.8, 4) is 5.69 Å². The van der Waals surface area contributed by atoms with Crippen LogP contribution in [0.25, 0.3) is 5.69 Å². The summed E-state index contributed by atoms with van der Waals surface area (Å²) < 4.78 is 7.59. The van der Waals surface area contributed by atoms with Crippen molar-refractivity contribution < 1.29 is 9.21 Å². The fraction of sp³-hybridized carbons (Fsp3) is 0.350. The third kappa shape index (κ3) is 3.69. The zero-order valence-corrected chi connectivity index (χ0v) is 17.1. The lowest BCUT2D eigenvalue weighted by molar-refractivity contribution is 0.0656. The topological polar surface area (TPSA) is 84.1 Å². The molecule has 0 spiro atoms. The highest BCUT2D eigenvalue weighted by atomic mass is 79.9. The van der Waals surface area contributed by atoms with Crippen LogP contribution < -0.4 is 5.69 Å². The lowest BCUT2D eigenvalue weighted by atomic mass is 9.93. The number of aromatic nitrogens is 3. The van der Waals surface area contributed by atoms with Crippen LogP contribution in [0.3, 0.4) is 0 Å². The minimum absolute atomic E-state index is 0.0826. The summed E-state index contributed by atoms with van der Waals surface area (Å²) >= 11 is 3.23. The van der Waals surface area contributed by atoms with Crippen molar-refractivity contribution in [3.63, 3.8) is 0 Å². The van der Waals surface area contributed by atoms with Gasteiger partial charge in [0, 0.05) is 19.5 Å². The molecule has 2 aromatic heterocycles. The number of benzene rings is 1. The number of amides is 1. The fourth-order valence-corrected chi connectivity index (χ4v) is 4.02. The molecule has 1 aliphatic rings. The number of halogens is 1. The van der Waals surface area contributed by atoms with Crippen LogP contribution in [0.1, 0.15) is 34.8 Å². The number of piperidine rings is 1. The number of carbonyl (C=O) groups excluding carboxylic acids is 1. The average Bonchev–Trinajstić information content (AvgIpc) is 3.28. The molecule has 0 saturated carbocycles. The number of furan rings is 1. The van der Waals surface area contributed by atoms with Gasteiger partial charge in [-0.1, -0.05) is 18.2 Å². The predicted octanol–water partition coefficient (Wildman–Crippen LogP) is 3.32. The maximum atomic E-state index is 12.5. The van der Waals surface area contributed by atoms with Crippen LogP contribution in [-0.4, -0.2) is 38.7 Å². The normalized spacial score (nSPS) is 15.1. The number of H-pyrrole nitrogens is 1. The van der Waals surface area contributed by atoms with Gasteiger partial charge in [0.2, 0.25) is 0 Å². The SMILES string of the molecule is Cc1ccccc1-n1c(CC2CCN(C(=O)c3ccc(Br)o3)CC2)n[nH]c1=O. The molecule has 1 saturated heterocycles. The summed E-state index contributed by atoms with van der Waals surface area (Å²) in [5.74, 6) is 1.37. The van der Waals surface area contributed by atoms with Crippen molar-refractivity contribution in [2.45, 2.75) is 26.2 Å². The van der Waals surface area contributed by atoms with E-state index < -0.39 is 0 Å². The summed E-state index contributed by atoms with van der Waals surface area (Å²) in [6.45, 7) is 3.32. The Morgan fingerprint density at radius 1 is 1.25 bits per heavy atom. The molecular weight excluding hydrogens is 424 g/mol. The Kier molecular flexibility index (Phi) is 5.21. The van der Waals surface area contributed by atoms with E-state index in [4.69, 9.17) is 4.42 Å². The predicted molar refractivity (Wildman–Crippen MR) is 108 cm³/mol. The first-order valence-corrected chi connectivity index (χ1v) is 10.1. The quantitative estimate of drug-likeness (QED) is 0.668. The Balaban J connectivity index is 1.44. The molecule has 0 aliphatic carbocycles. The maximum absolute atomic E-state index is 12.5. The highest BCUT2D eigenvalue weighted by Gasteiger charge is 2.27. The lowest BCUT2D eigenvalue weighted by Crippen LogP contribution is -2.39. The molecule has 1 aliphatic heterocycles. The van der Waals surface area contributed by atoms with E-state index in [0.29, 0.717) is 35.9 Å². The zero-order chi connectivity index (χ0) is 19.7. The molecule has 1 N–H and O–H groups in total. The molecular formula is C20H21BrN4O3. The summed E-state index contributed by atoms with van der Waals surface area (Å²) in [6.07, 6.45) is 2.42. The highest BCUT2D eigenvalue weighted by Crippen LogP contribution is 2.24. The lowest BCUT2D eigenvalue weighted by Gasteiger charge is -2.31. The minimum atomic E-state index is -0.222. The first-order chi connectivity index (χ1) is 13.5. The summed E-state index contributed by atoms with van der Waals surface area (Å²) in [7, 11) is 0. The van der Waals surface area contributed by atoms with Gasteiger partial charge >= 0.3 is 5.69 Å². The number of nitrogens with zero attached hydrogens (tertiary/aromatic N) is 3. The summed E-state index contributed by atoms with van der Waals surface area (Å²) in [5, 5.41) is 6.84. The molecule has 7 nitrogen and oxygen atoms in total. The summed E-state index contributed by atoms with van der Waals surface area (Å²) in [5.41, 5.74) is 1.66. The van der Waals surface area contributed by atoms with Crippen LogP contribution >= 0.6 is 15.9 Å². The van der Waals surface area contributed by atoms with E-state index in [-0.39, 0.29) is 11.6 Å². The molecule has 3 heterocycles. The van der Waals surface area contributed by atoms with Crippen molar-refractivity contribution in [2.75, 3.05) is 13.1 Å². The zero-order valence-electron chi connectivity index (χ0n) is 15.5. The van der Waals surface area contributed by atoms with Crippen molar-refractivity contribution in [1.29, 1.82) is 0 Å². The van der Waals surface area contributed by atoms with Gasteiger partial charge in [0.15, 0.2) is 10.4 Å². The van der Waals surface area contributed by atoms with Crippen LogP contribution in [0, 0.1) is 12.8 Å². The van der Waals surface area contributed by atoms with Crippen LogP contribution in [0.5, 0.6) is 0 Å². The van der Waals surface area contributed by atoms with Gasteiger partial charge in [-0.05, 0) is 65.4 Å². The van der Waals surface area contributed by atoms with Crippen LogP contribution in [0.2, 0.25) is 0 Å². The van der Waals surface area contributed by atoms with Crippen LogP contribution in [0.4, 0.5) is 0 Å². The third-order valence-electron chi connectivity index (χ3n) is 5.26. The second-order valence-corrected chi connectivity index (χ2v) is 7.89. The van der Waals surface area contributed by atoms with E-state index in [1.165, 1.54) is 0 Å². The Morgan fingerprint density at radius 3 is 2.68 bits per heavy atom. The van der Waals surface area contributed by atoms with E-state index in [2.05, 4.69) is 26.1 Å². The molecule has 1 fully saturated rings. The number of para-hydroxylation sites is 1. The molecule has 3 aromatic rings. The molecule has 28 heavy (non-hydrogen) atoms. The molecule has 4 rings (SSSR count). The summed E-state index contributed by atoms with van der Waals surface area (Å²) in [4.78, 5) is 26.6. The third-order valence-corrected chi connectivity index (χ3v) is 5.68. The van der Waals surface area contributed by atoms with Gasteiger partial charge in [0.25, 0.3) is 5.91 Å². The Hall–Kier alpha value is -2.61. The molecule has 0 radical (unpaired) electrons. The summed E-state index contributed by atoms with van der Waals surface area (Å²) in [6, 6.07) is 11.2. The number of rotatable bonds is 4. The van der Waals surface area contributed by atoms with E-state index in [1.807, 2.05) is 36.1 Å². The highest BCUT2D eigenvalue weighted by molar-refractivity contribution is 9.10. The van der Waals surface area contributed by atoms with E-state index in [9.17, 15) is 9.59 Å². The van der Waals surface area contributed by atoms with E-state index in [1.54, 1.807) is 16.7 Å². The number of likely N-dealkylation sites (tertiary alicyclic amines) is 1. The van der Waals surface area contributed by atoms with Gasteiger partial charge in [0.05, 0.1) is 5.69 Å². The molecule has 146 valence electrons. The number of hydrogen-bond donors (Lipinski definition) is 1. The van der Waals surface area contributed by atoms with Gasteiger partial charge in [-0.15, -0.1) is 0 Å². The molecule has 0 unspecified atom stereocenters. The van der Waals surface area contributed by atoms with E-state index in [0.717, 1.165) is 29.9 Å². The minimum Gasteiger partial charge on any atom is -0.444 e. The second kappa shape index (κ2) is 7.79. The van der Waals surface area contributed by atoms with Gasteiger partial charge in [-0.25, -0.2) is 14.5 Å². The Morgan fingerprint density at radius 2 is 2.00 bits per heavy atom. The largest absolute Gasteiger partial charge is 0.444 e. The number of nitrogens with one attached hydrogen (secondary N) is 1. The molecule has 1 amide bonds. The second-order valence-electron chi connectivity index (χ2n) is 7.11. The first kappa shape index (κ1) is 18.7. The Bertz CT molecular complexity index is 1040. The molecule has 0 bridgehead atoms. The fourth-order valence-electron chi connectivity index (χ4n) is 3.71. The van der Waals surface area contributed by atoms with Gasteiger partial charge in [0.1, 0.15) is 5.82 Å². The van der Waals surface area contributed by atoms with Crippen molar-refractivity contribution in [1.82, 2.24) is 19.7 Å². The molecule has 0 atom stereocenters. The van der Waals surface area contributed by atoms with E-state index >= 15 is 0 Å². The number of carbonyl (C=O) groups is 1. The first-order valence-electron chi connectivity index (χ1n) is 9.30. The van der Waals surface area contributed by atoms with Crippen molar-refractivity contribution >= 4 is 21.8 Å². The number of aryl methyl sites for hydroxylation is 1. The average molecular weight is 445 g/mol. The van der Waals surface area contributed by atoms with Gasteiger partial charge in [-0.2, -0.15) is 5.10 Å². The monoisotopic (exact) mass is 444 g/mol. The maximum Gasteiger partial charge on any atom is 0.347 e. The van der Waals surface area contributed by atoms with Crippen molar-refractivity contribution in [3.05, 3.63) is 68.7 Å².